The van der Waals surface area contributed by atoms with Gasteiger partial charge in [-0.2, -0.15) is 5.10 Å². The molecule has 0 fully saturated rings. The Morgan fingerprint density at radius 2 is 1.78 bits per heavy atom. The van der Waals surface area contributed by atoms with Crippen molar-refractivity contribution in [2.75, 3.05) is 5.32 Å². The van der Waals surface area contributed by atoms with E-state index in [1.807, 2.05) is 48.5 Å². The quantitative estimate of drug-likeness (QED) is 0.587. The van der Waals surface area contributed by atoms with Gasteiger partial charge in [-0.1, -0.05) is 42.5 Å². The largest absolute Gasteiger partial charge is 0.346 e. The Morgan fingerprint density at radius 1 is 0.963 bits per heavy atom. The van der Waals surface area contributed by atoms with Gasteiger partial charge in [0.15, 0.2) is 5.43 Å². The maximum absolute atomic E-state index is 12.5. The van der Waals surface area contributed by atoms with E-state index in [1.165, 1.54) is 16.9 Å². The molecule has 6 nitrogen and oxygen atoms in total. The molecule has 0 saturated carbocycles. The third kappa shape index (κ3) is 3.55. The minimum Gasteiger partial charge on any atom is -0.346 e. The number of benzene rings is 2. The Bertz CT molecular complexity index is 1130. The molecule has 2 heterocycles. The third-order valence-electron chi connectivity index (χ3n) is 4.12. The summed E-state index contributed by atoms with van der Waals surface area (Å²) in [4.78, 5) is 27.8. The average molecular weight is 356 g/mol. The number of carbonyl (C=O) groups is 1. The van der Waals surface area contributed by atoms with E-state index < -0.39 is 5.91 Å². The zero-order chi connectivity index (χ0) is 18.6. The van der Waals surface area contributed by atoms with Crippen molar-refractivity contribution in [3.8, 4) is 16.9 Å². The van der Waals surface area contributed by atoms with E-state index in [2.05, 4.69) is 15.4 Å². The second kappa shape index (κ2) is 7.13. The van der Waals surface area contributed by atoms with Crippen molar-refractivity contribution >= 4 is 11.6 Å². The maximum Gasteiger partial charge on any atom is 0.261 e. The van der Waals surface area contributed by atoms with E-state index in [4.69, 9.17) is 0 Å². The molecule has 2 aromatic heterocycles. The topological polar surface area (TPSA) is 79.8 Å². The molecule has 4 rings (SSSR count). The Labute approximate surface area is 155 Å². The van der Waals surface area contributed by atoms with E-state index in [9.17, 15) is 9.59 Å². The third-order valence-corrected chi connectivity index (χ3v) is 4.12. The molecule has 27 heavy (non-hydrogen) atoms. The van der Waals surface area contributed by atoms with Crippen LogP contribution in [0, 0.1) is 0 Å². The van der Waals surface area contributed by atoms with Gasteiger partial charge in [-0.25, -0.2) is 4.68 Å². The van der Waals surface area contributed by atoms with Crippen molar-refractivity contribution in [1.82, 2.24) is 14.8 Å². The smallest absolute Gasteiger partial charge is 0.261 e. The van der Waals surface area contributed by atoms with Gasteiger partial charge in [0.05, 0.1) is 0 Å². The maximum atomic E-state index is 12.5. The number of rotatable bonds is 4. The Morgan fingerprint density at radius 3 is 2.52 bits per heavy atom. The van der Waals surface area contributed by atoms with Crippen LogP contribution >= 0.6 is 0 Å². The highest BCUT2D eigenvalue weighted by Gasteiger charge is 2.12. The van der Waals surface area contributed by atoms with E-state index >= 15 is 0 Å². The first kappa shape index (κ1) is 16.5. The summed E-state index contributed by atoms with van der Waals surface area (Å²) < 4.78 is 1.52. The summed E-state index contributed by atoms with van der Waals surface area (Å²) >= 11 is 0. The number of H-pyrrole nitrogens is 1. The molecule has 0 spiro atoms. The van der Waals surface area contributed by atoms with E-state index in [0.717, 1.165) is 11.1 Å². The van der Waals surface area contributed by atoms with Crippen LogP contribution in [0.2, 0.25) is 0 Å². The monoisotopic (exact) mass is 356 g/mol. The van der Waals surface area contributed by atoms with Gasteiger partial charge < -0.3 is 10.3 Å². The fraction of sp³-hybridized carbons (Fsp3) is 0. The number of hydrogen-bond acceptors (Lipinski definition) is 3. The number of aromatic nitrogens is 3. The molecule has 6 heteroatoms. The van der Waals surface area contributed by atoms with Crippen molar-refractivity contribution in [1.29, 1.82) is 0 Å². The van der Waals surface area contributed by atoms with Gasteiger partial charge in [0.2, 0.25) is 0 Å². The van der Waals surface area contributed by atoms with Crippen LogP contribution in [0.1, 0.15) is 10.4 Å². The number of amides is 1. The lowest BCUT2D eigenvalue weighted by atomic mass is 10.1. The van der Waals surface area contributed by atoms with Gasteiger partial charge >= 0.3 is 0 Å². The van der Waals surface area contributed by atoms with Crippen molar-refractivity contribution in [3.05, 3.63) is 101 Å². The van der Waals surface area contributed by atoms with Gasteiger partial charge in [0.25, 0.3) is 5.91 Å². The van der Waals surface area contributed by atoms with Gasteiger partial charge in [0.1, 0.15) is 11.4 Å². The molecular formula is C21H16N4O2. The summed E-state index contributed by atoms with van der Waals surface area (Å²) in [6.07, 6.45) is 4.72. The molecule has 2 N–H and O–H groups in total. The second-order valence-electron chi connectivity index (χ2n) is 5.95. The van der Waals surface area contributed by atoms with Crippen LogP contribution in [0.3, 0.4) is 0 Å². The standard InChI is InChI=1S/C21H16N4O2/c26-19-13-20(25-11-5-10-23-25)22-14-18(19)21(27)24-17-9-4-8-16(12-17)15-6-2-1-3-7-15/h1-14H,(H,22,26)(H,24,27). The normalized spacial score (nSPS) is 10.5. The molecular weight excluding hydrogens is 340 g/mol. The van der Waals surface area contributed by atoms with Crippen molar-refractivity contribution in [3.63, 3.8) is 0 Å². The highest BCUT2D eigenvalue weighted by molar-refractivity contribution is 6.04. The lowest BCUT2D eigenvalue weighted by molar-refractivity contribution is 0.102. The lowest BCUT2D eigenvalue weighted by Gasteiger charge is -2.08. The average Bonchev–Trinajstić information content (AvgIpc) is 3.23. The number of nitrogens with one attached hydrogen (secondary N) is 2. The number of hydrogen-bond donors (Lipinski definition) is 2. The first-order valence-electron chi connectivity index (χ1n) is 8.40. The molecule has 0 aliphatic rings. The molecule has 132 valence electrons. The van der Waals surface area contributed by atoms with Crippen LogP contribution in [0.25, 0.3) is 16.9 Å². The summed E-state index contributed by atoms with van der Waals surface area (Å²) in [7, 11) is 0. The summed E-state index contributed by atoms with van der Waals surface area (Å²) in [5.74, 6) is 0.0288. The summed E-state index contributed by atoms with van der Waals surface area (Å²) in [6.45, 7) is 0. The molecule has 0 bridgehead atoms. The van der Waals surface area contributed by atoms with Gasteiger partial charge in [-0.15, -0.1) is 0 Å². The van der Waals surface area contributed by atoms with Crippen LogP contribution in [0.4, 0.5) is 5.69 Å². The van der Waals surface area contributed by atoms with Gasteiger partial charge in [-0.3, -0.25) is 9.59 Å². The van der Waals surface area contributed by atoms with Crippen LogP contribution in [-0.2, 0) is 0 Å². The van der Waals surface area contributed by atoms with Crippen LogP contribution in [0.5, 0.6) is 0 Å². The first-order chi connectivity index (χ1) is 13.2. The Hall–Kier alpha value is -3.93. The zero-order valence-electron chi connectivity index (χ0n) is 14.3. The van der Waals surface area contributed by atoms with E-state index in [1.54, 1.807) is 24.5 Å². The molecule has 0 unspecified atom stereocenters. The first-order valence-corrected chi connectivity index (χ1v) is 8.40. The van der Waals surface area contributed by atoms with Gasteiger partial charge in [0, 0.05) is 30.3 Å². The van der Waals surface area contributed by atoms with E-state index in [0.29, 0.717) is 11.5 Å². The Balaban J connectivity index is 1.57. The van der Waals surface area contributed by atoms with Crippen LogP contribution in [-0.4, -0.2) is 20.7 Å². The zero-order valence-corrected chi connectivity index (χ0v) is 14.3. The molecule has 2 aromatic carbocycles. The summed E-state index contributed by atoms with van der Waals surface area (Å²) in [6, 6.07) is 20.5. The predicted molar refractivity (Wildman–Crippen MR) is 104 cm³/mol. The molecule has 4 aromatic rings. The Kier molecular flexibility index (Phi) is 4.37. The molecule has 0 aliphatic heterocycles. The highest BCUT2D eigenvalue weighted by Crippen LogP contribution is 2.22. The SMILES string of the molecule is O=C(Nc1cccc(-c2ccccc2)c1)c1c[nH]c(-n2cccn2)cc1=O. The molecule has 1 amide bonds. The van der Waals surface area contributed by atoms with Crippen molar-refractivity contribution in [2.45, 2.75) is 0 Å². The second-order valence-corrected chi connectivity index (χ2v) is 5.95. The van der Waals surface area contributed by atoms with Gasteiger partial charge in [-0.05, 0) is 29.3 Å². The number of carbonyl (C=O) groups excluding carboxylic acids is 1. The number of anilines is 1. The summed E-state index contributed by atoms with van der Waals surface area (Å²) in [5.41, 5.74) is 2.32. The lowest BCUT2D eigenvalue weighted by Crippen LogP contribution is -2.22. The predicted octanol–water partition coefficient (Wildman–Crippen LogP) is 3.48. The number of nitrogens with zero attached hydrogens (tertiary/aromatic N) is 2. The minimum atomic E-state index is -0.464. The number of aromatic amines is 1. The number of pyridine rings is 1. The molecule has 0 atom stereocenters. The molecule has 0 radical (unpaired) electrons. The van der Waals surface area contributed by atoms with Crippen molar-refractivity contribution < 1.29 is 4.79 Å². The molecule has 0 saturated heterocycles. The van der Waals surface area contributed by atoms with Crippen LogP contribution < -0.4 is 10.7 Å². The van der Waals surface area contributed by atoms with Crippen LogP contribution in [0.15, 0.2) is 90.1 Å². The van der Waals surface area contributed by atoms with Crippen molar-refractivity contribution in [2.24, 2.45) is 0 Å². The molecule has 0 aliphatic carbocycles. The minimum absolute atomic E-state index is 0.0380. The fourth-order valence-electron chi connectivity index (χ4n) is 2.79. The summed E-state index contributed by atoms with van der Waals surface area (Å²) in [5, 5.41) is 6.84. The fourth-order valence-corrected chi connectivity index (χ4v) is 2.79. The van der Waals surface area contributed by atoms with E-state index in [-0.39, 0.29) is 11.0 Å². The highest BCUT2D eigenvalue weighted by atomic mass is 16.2.